The summed E-state index contributed by atoms with van der Waals surface area (Å²) < 4.78 is 25.9. The summed E-state index contributed by atoms with van der Waals surface area (Å²) >= 11 is 0. The Morgan fingerprint density at radius 3 is 2.63 bits per heavy atom. The van der Waals surface area contributed by atoms with Gasteiger partial charge in [-0.2, -0.15) is 0 Å². The molecule has 0 fully saturated rings. The van der Waals surface area contributed by atoms with Crippen molar-refractivity contribution in [3.8, 4) is 11.1 Å². The predicted molar refractivity (Wildman–Crippen MR) is 107 cm³/mol. The molecule has 0 spiro atoms. The van der Waals surface area contributed by atoms with Gasteiger partial charge in [0.1, 0.15) is 0 Å². The van der Waals surface area contributed by atoms with E-state index in [2.05, 4.69) is 29.6 Å². The molecule has 1 aliphatic rings. The van der Waals surface area contributed by atoms with Crippen LogP contribution < -0.4 is 9.62 Å². The number of amides is 1. The van der Waals surface area contributed by atoms with Crippen LogP contribution in [0.2, 0.25) is 0 Å². The zero-order chi connectivity index (χ0) is 19.8. The van der Waals surface area contributed by atoms with E-state index >= 15 is 0 Å². The number of aromatic nitrogens is 1. The largest absolute Gasteiger partial charge is 0.315 e. The van der Waals surface area contributed by atoms with Gasteiger partial charge in [-0.3, -0.25) is 9.78 Å². The molecule has 0 radical (unpaired) electrons. The number of carbonyl (C=O) groups excluding carboxylic acids is 1. The maximum Gasteiger partial charge on any atom is 0.227 e. The van der Waals surface area contributed by atoms with Crippen LogP contribution in [0.4, 0.5) is 5.69 Å². The number of hydrogen-bond donors (Lipinski definition) is 1. The van der Waals surface area contributed by atoms with Crippen LogP contribution >= 0.6 is 0 Å². The van der Waals surface area contributed by atoms with Crippen LogP contribution in [0.15, 0.2) is 36.7 Å². The summed E-state index contributed by atoms with van der Waals surface area (Å²) in [4.78, 5) is 18.2. The Bertz CT molecular complexity index is 984. The van der Waals surface area contributed by atoms with Gasteiger partial charge < -0.3 is 4.90 Å². The first kappa shape index (κ1) is 19.5. The van der Waals surface area contributed by atoms with Crippen molar-refractivity contribution in [1.29, 1.82) is 0 Å². The van der Waals surface area contributed by atoms with Crippen molar-refractivity contribution in [3.05, 3.63) is 47.8 Å². The average Bonchev–Trinajstić information content (AvgIpc) is 2.64. The van der Waals surface area contributed by atoms with Gasteiger partial charge in [0, 0.05) is 49.1 Å². The summed E-state index contributed by atoms with van der Waals surface area (Å²) in [6, 6.07) is 7.99. The number of anilines is 1. The lowest BCUT2D eigenvalue weighted by Crippen LogP contribution is -2.39. The Kier molecular flexibility index (Phi) is 5.10. The Labute approximate surface area is 160 Å². The van der Waals surface area contributed by atoms with Crippen LogP contribution in [0, 0.1) is 0 Å². The molecule has 3 rings (SSSR count). The number of nitrogens with zero attached hydrogens (tertiary/aromatic N) is 2. The van der Waals surface area contributed by atoms with Crippen molar-refractivity contribution in [1.82, 2.24) is 9.71 Å². The molecule has 1 aromatic heterocycles. The summed E-state index contributed by atoms with van der Waals surface area (Å²) in [7, 11) is -1.45. The fraction of sp³-hybridized carbons (Fsp3) is 0.400. The molecule has 27 heavy (non-hydrogen) atoms. The molecule has 0 bridgehead atoms. The summed E-state index contributed by atoms with van der Waals surface area (Å²) in [6.07, 6.45) is 3.90. The number of fused-ring (bicyclic) bond motifs is 1. The fourth-order valence-corrected chi connectivity index (χ4v) is 3.90. The SMILES string of the molecule is CCS(=O)(=O)NCc1cncc(-c2ccc3c(c2)C(C)(C)CC(=O)N3C)c1. The zero-order valence-corrected chi connectivity index (χ0v) is 16.9. The van der Waals surface area contributed by atoms with Crippen molar-refractivity contribution in [3.63, 3.8) is 0 Å². The van der Waals surface area contributed by atoms with Crippen molar-refractivity contribution >= 4 is 21.6 Å². The van der Waals surface area contributed by atoms with Crippen LogP contribution in [0.5, 0.6) is 0 Å². The van der Waals surface area contributed by atoms with Gasteiger partial charge >= 0.3 is 0 Å². The molecular weight excluding hydrogens is 362 g/mol. The highest BCUT2D eigenvalue weighted by atomic mass is 32.2. The summed E-state index contributed by atoms with van der Waals surface area (Å²) in [5.41, 5.74) is 4.53. The molecule has 0 saturated heterocycles. The van der Waals surface area contributed by atoms with E-state index in [1.165, 1.54) is 0 Å². The van der Waals surface area contributed by atoms with Gasteiger partial charge in [0.2, 0.25) is 15.9 Å². The molecule has 2 aromatic rings. The minimum atomic E-state index is -3.25. The molecule has 2 heterocycles. The highest BCUT2D eigenvalue weighted by Crippen LogP contribution is 2.41. The molecule has 144 valence electrons. The van der Waals surface area contributed by atoms with E-state index in [-0.39, 0.29) is 23.6 Å². The first-order valence-corrected chi connectivity index (χ1v) is 10.6. The van der Waals surface area contributed by atoms with Crippen molar-refractivity contribution < 1.29 is 13.2 Å². The quantitative estimate of drug-likeness (QED) is 0.856. The van der Waals surface area contributed by atoms with Gasteiger partial charge in [-0.1, -0.05) is 19.9 Å². The highest BCUT2D eigenvalue weighted by molar-refractivity contribution is 7.89. The van der Waals surface area contributed by atoms with Gasteiger partial charge in [-0.05, 0) is 41.8 Å². The number of pyridine rings is 1. The fourth-order valence-electron chi connectivity index (χ4n) is 3.31. The summed E-state index contributed by atoms with van der Waals surface area (Å²) in [5.74, 6) is 0.166. The molecule has 1 aliphatic heterocycles. The number of nitrogens with one attached hydrogen (secondary N) is 1. The van der Waals surface area contributed by atoms with E-state index in [4.69, 9.17) is 0 Å². The van der Waals surface area contributed by atoms with E-state index in [0.717, 1.165) is 27.9 Å². The molecule has 0 atom stereocenters. The molecule has 1 N–H and O–H groups in total. The maximum atomic E-state index is 12.2. The lowest BCUT2D eigenvalue weighted by Gasteiger charge is -2.37. The zero-order valence-electron chi connectivity index (χ0n) is 16.1. The van der Waals surface area contributed by atoms with Crippen molar-refractivity contribution in [2.45, 2.75) is 39.2 Å². The van der Waals surface area contributed by atoms with Crippen LogP contribution in [0.3, 0.4) is 0 Å². The first-order valence-electron chi connectivity index (χ1n) is 8.96. The van der Waals surface area contributed by atoms with Gasteiger partial charge in [-0.15, -0.1) is 0 Å². The van der Waals surface area contributed by atoms with Crippen LogP contribution in [-0.4, -0.2) is 32.1 Å². The van der Waals surface area contributed by atoms with Gasteiger partial charge in [-0.25, -0.2) is 13.1 Å². The summed E-state index contributed by atoms with van der Waals surface area (Å²) in [5, 5.41) is 0. The predicted octanol–water partition coefficient (Wildman–Crippen LogP) is 2.83. The molecule has 7 heteroatoms. The maximum absolute atomic E-state index is 12.2. The van der Waals surface area contributed by atoms with E-state index in [0.29, 0.717) is 6.42 Å². The third kappa shape index (κ3) is 4.04. The molecule has 0 saturated carbocycles. The monoisotopic (exact) mass is 387 g/mol. The summed E-state index contributed by atoms with van der Waals surface area (Å²) in [6.45, 7) is 5.97. The third-order valence-corrected chi connectivity index (χ3v) is 6.40. The number of rotatable bonds is 5. The number of benzene rings is 1. The van der Waals surface area contributed by atoms with E-state index in [1.807, 2.05) is 18.2 Å². The van der Waals surface area contributed by atoms with Crippen molar-refractivity contribution in [2.24, 2.45) is 0 Å². The lowest BCUT2D eigenvalue weighted by molar-refractivity contribution is -0.119. The van der Waals surface area contributed by atoms with Crippen molar-refractivity contribution in [2.75, 3.05) is 17.7 Å². The van der Waals surface area contributed by atoms with Gasteiger partial charge in [0.25, 0.3) is 0 Å². The highest BCUT2D eigenvalue weighted by Gasteiger charge is 2.35. The van der Waals surface area contributed by atoms with Gasteiger partial charge in [0.15, 0.2) is 0 Å². The molecule has 0 aliphatic carbocycles. The van der Waals surface area contributed by atoms with E-state index in [1.54, 1.807) is 31.3 Å². The minimum Gasteiger partial charge on any atom is -0.315 e. The first-order chi connectivity index (χ1) is 12.6. The standard InChI is InChI=1S/C20H25N3O3S/c1-5-27(25,26)22-12-14-8-16(13-21-11-14)15-6-7-18-17(9-15)20(2,3)10-19(24)23(18)4/h6-9,11,13,22H,5,10,12H2,1-4H3. The van der Waals surface area contributed by atoms with Crippen LogP contribution in [0.1, 0.15) is 38.3 Å². The van der Waals surface area contributed by atoms with Crippen LogP contribution in [-0.2, 0) is 26.8 Å². The number of carbonyl (C=O) groups is 1. The topological polar surface area (TPSA) is 79.4 Å². The second kappa shape index (κ2) is 7.05. The lowest BCUT2D eigenvalue weighted by atomic mass is 9.76. The smallest absolute Gasteiger partial charge is 0.227 e. The Hall–Kier alpha value is -2.25. The molecule has 6 nitrogen and oxygen atoms in total. The molecule has 0 unspecified atom stereocenters. The normalized spacial score (nSPS) is 16.3. The Morgan fingerprint density at radius 2 is 1.93 bits per heavy atom. The van der Waals surface area contributed by atoms with E-state index < -0.39 is 10.0 Å². The third-order valence-electron chi connectivity index (χ3n) is 5.06. The van der Waals surface area contributed by atoms with Crippen LogP contribution in [0.25, 0.3) is 11.1 Å². The molecule has 1 aromatic carbocycles. The number of sulfonamides is 1. The van der Waals surface area contributed by atoms with Gasteiger partial charge in [0.05, 0.1) is 5.75 Å². The average molecular weight is 388 g/mol. The van der Waals surface area contributed by atoms with E-state index in [9.17, 15) is 13.2 Å². The molecular formula is C20H25N3O3S. The Morgan fingerprint density at radius 1 is 1.19 bits per heavy atom. The molecule has 1 amide bonds. The number of hydrogen-bond acceptors (Lipinski definition) is 4. The Balaban J connectivity index is 1.94. The minimum absolute atomic E-state index is 0.0479. The second-order valence-corrected chi connectivity index (χ2v) is 9.65. The second-order valence-electron chi connectivity index (χ2n) is 7.55.